The number of carbonyl (C=O) groups is 1. The van der Waals surface area contributed by atoms with Gasteiger partial charge in [0.15, 0.2) is 11.6 Å². The fourth-order valence-corrected chi connectivity index (χ4v) is 6.81. The highest BCUT2D eigenvalue weighted by Gasteiger charge is 2.44. The van der Waals surface area contributed by atoms with Crippen molar-refractivity contribution in [3.05, 3.63) is 41.4 Å². The fourth-order valence-electron chi connectivity index (χ4n) is 5.10. The number of benzene rings is 1. The third-order valence-electron chi connectivity index (χ3n) is 6.67. The van der Waals surface area contributed by atoms with Gasteiger partial charge in [-0.1, -0.05) is 36.9 Å². The summed E-state index contributed by atoms with van der Waals surface area (Å²) in [5, 5.41) is 10.2. The Morgan fingerprint density at radius 1 is 1.24 bits per heavy atom. The zero-order valence-corrected chi connectivity index (χ0v) is 20.0. The summed E-state index contributed by atoms with van der Waals surface area (Å²) in [6, 6.07) is 9.42. The first-order valence-electron chi connectivity index (χ1n) is 11.1. The molecule has 2 unspecified atom stereocenters. The largest absolute Gasteiger partial charge is 0.488 e. The van der Waals surface area contributed by atoms with E-state index < -0.39 is 10.0 Å². The average molecular weight is 494 g/mol. The molecule has 2 heterocycles. The van der Waals surface area contributed by atoms with Gasteiger partial charge in [-0.05, 0) is 54.5 Å². The summed E-state index contributed by atoms with van der Waals surface area (Å²) in [4.78, 5) is 17.1. The van der Waals surface area contributed by atoms with Gasteiger partial charge in [0, 0.05) is 18.6 Å². The molecule has 1 aliphatic heterocycles. The number of aromatic nitrogens is 1. The van der Waals surface area contributed by atoms with Crippen LogP contribution in [0.1, 0.15) is 32.1 Å². The molecule has 33 heavy (non-hydrogen) atoms. The molecule has 2 aliphatic carbocycles. The number of fused-ring (bicyclic) bond motifs is 3. The second-order valence-corrected chi connectivity index (χ2v) is 10.8. The Hall–Kier alpha value is -2.36. The maximum absolute atomic E-state index is 13.2. The lowest BCUT2D eigenvalue weighted by Gasteiger charge is -2.49. The predicted molar refractivity (Wildman–Crippen MR) is 126 cm³/mol. The van der Waals surface area contributed by atoms with Crippen molar-refractivity contribution in [1.29, 1.82) is 0 Å². The van der Waals surface area contributed by atoms with E-state index in [9.17, 15) is 13.2 Å². The molecule has 1 aromatic heterocycles. The van der Waals surface area contributed by atoms with Gasteiger partial charge in [0.25, 0.3) is 10.0 Å². The molecule has 2 N–H and O–H groups in total. The minimum Gasteiger partial charge on any atom is -0.488 e. The van der Waals surface area contributed by atoms with Crippen molar-refractivity contribution in [2.75, 3.05) is 29.9 Å². The molecule has 1 aromatic carbocycles. The van der Waals surface area contributed by atoms with Gasteiger partial charge in [-0.15, -0.1) is 0 Å². The molecule has 2 bridgehead atoms. The summed E-state index contributed by atoms with van der Waals surface area (Å²) < 4.78 is 33.3. The van der Waals surface area contributed by atoms with Crippen LogP contribution < -0.4 is 14.4 Å². The molecule has 3 aliphatic rings. The normalized spacial score (nSPS) is 23.2. The number of anilines is 2. The van der Waals surface area contributed by atoms with Gasteiger partial charge in [0.1, 0.15) is 12.4 Å². The SMILES string of the molecule is CO.O=C(CC1C2CCCC1C2)Nc1ccc2c(n1)N(S(=O)(=O)c1cccc(Cl)c1)CCO2. The summed E-state index contributed by atoms with van der Waals surface area (Å²) in [6.45, 7) is 0.336. The van der Waals surface area contributed by atoms with Gasteiger partial charge in [0.05, 0.1) is 11.4 Å². The van der Waals surface area contributed by atoms with E-state index in [4.69, 9.17) is 21.4 Å². The van der Waals surface area contributed by atoms with E-state index in [0.29, 0.717) is 40.8 Å². The van der Waals surface area contributed by atoms with Gasteiger partial charge in [-0.25, -0.2) is 17.7 Å². The van der Waals surface area contributed by atoms with E-state index >= 15 is 0 Å². The number of halogens is 1. The molecule has 8 nitrogen and oxygen atoms in total. The number of ether oxygens (including phenoxy) is 1. The Balaban J connectivity index is 0.00000126. The summed E-state index contributed by atoms with van der Waals surface area (Å²) in [6.07, 6.45) is 5.47. The predicted octanol–water partition coefficient (Wildman–Crippen LogP) is 3.70. The van der Waals surface area contributed by atoms with Crippen LogP contribution in [0.25, 0.3) is 0 Å². The van der Waals surface area contributed by atoms with Crippen LogP contribution in [0.5, 0.6) is 5.75 Å². The monoisotopic (exact) mass is 493 g/mol. The summed E-state index contributed by atoms with van der Waals surface area (Å²) >= 11 is 6.00. The third kappa shape index (κ3) is 4.81. The van der Waals surface area contributed by atoms with E-state index in [0.717, 1.165) is 7.11 Å². The Kier molecular flexibility index (Phi) is 7.11. The molecular formula is C23H28ClN3O5S. The van der Waals surface area contributed by atoms with Crippen LogP contribution in [-0.4, -0.2) is 44.7 Å². The highest BCUT2D eigenvalue weighted by molar-refractivity contribution is 7.92. The topological polar surface area (TPSA) is 109 Å². The van der Waals surface area contributed by atoms with Crippen molar-refractivity contribution < 1.29 is 23.1 Å². The number of carbonyl (C=O) groups excluding carboxylic acids is 1. The molecule has 10 heteroatoms. The highest BCUT2D eigenvalue weighted by Crippen LogP contribution is 2.52. The van der Waals surface area contributed by atoms with E-state index in [1.807, 2.05) is 0 Å². The van der Waals surface area contributed by atoms with Gasteiger partial charge < -0.3 is 15.2 Å². The number of nitrogens with one attached hydrogen (secondary N) is 1. The summed E-state index contributed by atoms with van der Waals surface area (Å²) in [5.74, 6) is 2.60. The Morgan fingerprint density at radius 3 is 2.70 bits per heavy atom. The maximum atomic E-state index is 13.2. The van der Waals surface area contributed by atoms with Crippen molar-refractivity contribution >= 4 is 39.2 Å². The first kappa shape index (κ1) is 23.8. The third-order valence-corrected chi connectivity index (χ3v) is 8.69. The fraction of sp³-hybridized carbons (Fsp3) is 0.478. The molecule has 0 saturated heterocycles. The van der Waals surface area contributed by atoms with Crippen LogP contribution >= 0.6 is 11.6 Å². The zero-order chi connectivity index (χ0) is 23.6. The minimum absolute atomic E-state index is 0.0740. The number of aliphatic hydroxyl groups is 1. The first-order valence-corrected chi connectivity index (χ1v) is 12.9. The second-order valence-electron chi connectivity index (χ2n) is 8.50. The highest BCUT2D eigenvalue weighted by atomic mass is 35.5. The van der Waals surface area contributed by atoms with E-state index in [1.54, 1.807) is 24.3 Å². The average Bonchev–Trinajstić information content (AvgIpc) is 2.83. The molecule has 2 saturated carbocycles. The van der Waals surface area contributed by atoms with Crippen LogP contribution in [0.15, 0.2) is 41.3 Å². The second kappa shape index (κ2) is 9.87. The summed E-state index contributed by atoms with van der Waals surface area (Å²) in [7, 11) is -2.87. The smallest absolute Gasteiger partial charge is 0.265 e. The number of pyridine rings is 1. The van der Waals surface area contributed by atoms with E-state index in [-0.39, 0.29) is 29.8 Å². The quantitative estimate of drug-likeness (QED) is 0.657. The number of amides is 1. The Labute approximate surface area is 199 Å². The lowest BCUT2D eigenvalue weighted by molar-refractivity contribution is -0.120. The van der Waals surface area contributed by atoms with Crippen LogP contribution in [0.4, 0.5) is 11.6 Å². The maximum Gasteiger partial charge on any atom is 0.265 e. The van der Waals surface area contributed by atoms with Crippen molar-refractivity contribution in [3.63, 3.8) is 0 Å². The molecule has 2 aromatic rings. The number of rotatable bonds is 5. The zero-order valence-electron chi connectivity index (χ0n) is 18.4. The van der Waals surface area contributed by atoms with Crippen LogP contribution in [-0.2, 0) is 14.8 Å². The number of aliphatic hydroxyl groups excluding tert-OH is 1. The minimum atomic E-state index is -3.87. The Bertz CT molecular complexity index is 1110. The van der Waals surface area contributed by atoms with Crippen LogP contribution in [0.3, 0.4) is 0 Å². The molecular weight excluding hydrogens is 466 g/mol. The number of nitrogens with zero attached hydrogens (tertiary/aromatic N) is 2. The number of hydrogen-bond donors (Lipinski definition) is 2. The molecule has 1 amide bonds. The van der Waals surface area contributed by atoms with Crippen LogP contribution in [0, 0.1) is 17.8 Å². The lowest BCUT2D eigenvalue weighted by atomic mass is 9.56. The summed E-state index contributed by atoms with van der Waals surface area (Å²) in [5.41, 5.74) is 0. The number of sulfonamides is 1. The molecule has 5 rings (SSSR count). The molecule has 0 radical (unpaired) electrons. The lowest BCUT2D eigenvalue weighted by Crippen LogP contribution is -2.42. The van der Waals surface area contributed by atoms with Gasteiger partial charge in [-0.3, -0.25) is 4.79 Å². The van der Waals surface area contributed by atoms with Crippen molar-refractivity contribution in [2.45, 2.75) is 37.0 Å². The molecule has 2 fully saturated rings. The standard InChI is InChI=1S/C22H24ClN3O4S.CH4O/c23-16-5-2-6-17(12-16)31(28,29)26-9-10-30-19-7-8-20(25-22(19)26)24-21(27)13-18-14-3-1-4-15(18)11-14;1-2/h2,5-8,12,14-15,18H,1,3-4,9-11,13H2,(H,24,25,27);2H,1H3. The van der Waals surface area contributed by atoms with Gasteiger partial charge in [-0.2, -0.15) is 0 Å². The molecule has 0 spiro atoms. The van der Waals surface area contributed by atoms with E-state index in [2.05, 4.69) is 10.3 Å². The van der Waals surface area contributed by atoms with Crippen molar-refractivity contribution in [1.82, 2.24) is 4.98 Å². The Morgan fingerprint density at radius 2 is 2.00 bits per heavy atom. The molecule has 2 atom stereocenters. The molecule has 178 valence electrons. The van der Waals surface area contributed by atoms with Crippen molar-refractivity contribution in [3.8, 4) is 5.75 Å². The first-order chi connectivity index (χ1) is 15.9. The van der Waals surface area contributed by atoms with E-state index in [1.165, 1.54) is 42.1 Å². The van der Waals surface area contributed by atoms with Gasteiger partial charge in [0.2, 0.25) is 5.91 Å². The number of hydrogen-bond acceptors (Lipinski definition) is 6. The van der Waals surface area contributed by atoms with Crippen molar-refractivity contribution in [2.24, 2.45) is 17.8 Å². The van der Waals surface area contributed by atoms with Gasteiger partial charge >= 0.3 is 0 Å². The van der Waals surface area contributed by atoms with Crippen LogP contribution in [0.2, 0.25) is 5.02 Å².